The molecule has 3 aromatic carbocycles. The Kier molecular flexibility index (Phi) is 4.72. The average molecular weight is 372 g/mol. The van der Waals surface area contributed by atoms with Gasteiger partial charge in [-0.1, -0.05) is 29.8 Å². The maximum atomic E-state index is 13.1. The summed E-state index contributed by atoms with van der Waals surface area (Å²) in [5, 5.41) is 2.89. The number of aromatic nitrogens is 1. The molecule has 4 rings (SSSR count). The van der Waals surface area contributed by atoms with Crippen LogP contribution in [0.25, 0.3) is 22.8 Å². The number of anilines is 1. The molecule has 138 valence electrons. The molecule has 0 aliphatic rings. The second-order valence-corrected chi connectivity index (χ2v) is 6.40. The Morgan fingerprint density at radius 3 is 2.43 bits per heavy atom. The largest absolute Gasteiger partial charge is 0.436 e. The van der Waals surface area contributed by atoms with Gasteiger partial charge in [-0.15, -0.1) is 0 Å². The minimum absolute atomic E-state index is 0.249. The van der Waals surface area contributed by atoms with Crippen LogP contribution in [0.3, 0.4) is 0 Å². The van der Waals surface area contributed by atoms with Gasteiger partial charge in [-0.2, -0.15) is 0 Å². The van der Waals surface area contributed by atoms with Crippen LogP contribution in [0.1, 0.15) is 15.9 Å². The molecule has 1 amide bonds. The van der Waals surface area contributed by atoms with Crippen molar-refractivity contribution in [1.29, 1.82) is 0 Å². The molecular weight excluding hydrogens is 355 g/mol. The lowest BCUT2D eigenvalue weighted by Crippen LogP contribution is -2.13. The molecule has 0 atom stereocenters. The smallest absolute Gasteiger partial charge is 0.256 e. The fourth-order valence-electron chi connectivity index (χ4n) is 2.85. The molecule has 0 spiro atoms. The van der Waals surface area contributed by atoms with E-state index in [1.807, 2.05) is 37.3 Å². The summed E-state index contributed by atoms with van der Waals surface area (Å²) in [6.45, 7) is 1.99. The van der Waals surface area contributed by atoms with Crippen molar-refractivity contribution >= 4 is 11.6 Å². The van der Waals surface area contributed by atoms with Gasteiger partial charge in [-0.3, -0.25) is 4.79 Å². The van der Waals surface area contributed by atoms with Gasteiger partial charge >= 0.3 is 0 Å². The van der Waals surface area contributed by atoms with Gasteiger partial charge in [0.2, 0.25) is 5.89 Å². The van der Waals surface area contributed by atoms with E-state index >= 15 is 0 Å². The Labute approximate surface area is 161 Å². The van der Waals surface area contributed by atoms with Crippen molar-refractivity contribution in [2.45, 2.75) is 6.92 Å². The molecule has 0 fully saturated rings. The Hall–Kier alpha value is -3.73. The van der Waals surface area contributed by atoms with Gasteiger partial charge in [0.05, 0.1) is 11.8 Å². The monoisotopic (exact) mass is 372 g/mol. The number of amides is 1. The molecule has 1 N–H and O–H groups in total. The molecule has 5 heteroatoms. The molecule has 4 aromatic rings. The highest BCUT2D eigenvalue weighted by Gasteiger charge is 2.17. The van der Waals surface area contributed by atoms with Crippen LogP contribution in [0.15, 0.2) is 83.4 Å². The highest BCUT2D eigenvalue weighted by molar-refractivity contribution is 6.08. The van der Waals surface area contributed by atoms with E-state index in [0.29, 0.717) is 34.0 Å². The second-order valence-electron chi connectivity index (χ2n) is 6.40. The topological polar surface area (TPSA) is 55.1 Å². The summed E-state index contributed by atoms with van der Waals surface area (Å²) in [5.74, 6) is 0.264. The summed E-state index contributed by atoms with van der Waals surface area (Å²) in [6, 6.07) is 20.7. The van der Waals surface area contributed by atoms with Crippen molar-refractivity contribution < 1.29 is 13.6 Å². The van der Waals surface area contributed by atoms with Crippen LogP contribution in [0.4, 0.5) is 10.1 Å². The maximum Gasteiger partial charge on any atom is 0.256 e. The van der Waals surface area contributed by atoms with Crippen LogP contribution in [-0.4, -0.2) is 10.9 Å². The van der Waals surface area contributed by atoms with E-state index in [2.05, 4.69) is 10.3 Å². The fraction of sp³-hybridized carbons (Fsp3) is 0.0435. The van der Waals surface area contributed by atoms with Crippen LogP contribution in [0.2, 0.25) is 0 Å². The molecule has 28 heavy (non-hydrogen) atoms. The van der Waals surface area contributed by atoms with E-state index in [-0.39, 0.29) is 11.7 Å². The van der Waals surface area contributed by atoms with E-state index in [1.54, 1.807) is 36.5 Å². The Balaban J connectivity index is 1.63. The quantitative estimate of drug-likeness (QED) is 0.499. The minimum Gasteiger partial charge on any atom is -0.436 e. The minimum atomic E-state index is -0.318. The molecule has 4 nitrogen and oxygen atoms in total. The predicted octanol–water partition coefficient (Wildman–Crippen LogP) is 5.71. The van der Waals surface area contributed by atoms with Gasteiger partial charge < -0.3 is 9.73 Å². The first-order chi connectivity index (χ1) is 13.6. The van der Waals surface area contributed by atoms with Gasteiger partial charge in [0.1, 0.15) is 5.82 Å². The predicted molar refractivity (Wildman–Crippen MR) is 106 cm³/mol. The van der Waals surface area contributed by atoms with E-state index in [9.17, 15) is 9.18 Å². The second kappa shape index (κ2) is 7.48. The van der Waals surface area contributed by atoms with Crippen molar-refractivity contribution in [3.63, 3.8) is 0 Å². The lowest BCUT2D eigenvalue weighted by Gasteiger charge is -2.08. The number of nitrogens with zero attached hydrogens (tertiary/aromatic N) is 1. The summed E-state index contributed by atoms with van der Waals surface area (Å²) >= 11 is 0. The number of hydrogen-bond acceptors (Lipinski definition) is 3. The molecule has 0 bridgehead atoms. The average Bonchev–Trinajstić information content (AvgIpc) is 3.20. The van der Waals surface area contributed by atoms with Gasteiger partial charge in [-0.05, 0) is 55.5 Å². The van der Waals surface area contributed by atoms with Crippen LogP contribution in [-0.2, 0) is 0 Å². The Bertz CT molecular complexity index is 1120. The molecular formula is C23H17FN2O2. The zero-order valence-corrected chi connectivity index (χ0v) is 15.1. The van der Waals surface area contributed by atoms with E-state index in [0.717, 1.165) is 5.56 Å². The molecule has 1 aromatic heterocycles. The first kappa shape index (κ1) is 17.7. The normalized spacial score (nSPS) is 10.6. The van der Waals surface area contributed by atoms with E-state index in [4.69, 9.17) is 4.42 Å². The van der Waals surface area contributed by atoms with Crippen molar-refractivity contribution in [2.75, 3.05) is 5.32 Å². The Morgan fingerprint density at radius 2 is 1.68 bits per heavy atom. The van der Waals surface area contributed by atoms with Gasteiger partial charge in [0.15, 0.2) is 5.76 Å². The van der Waals surface area contributed by atoms with Crippen molar-refractivity contribution in [3.8, 4) is 22.8 Å². The summed E-state index contributed by atoms with van der Waals surface area (Å²) in [4.78, 5) is 17.1. The fourth-order valence-corrected chi connectivity index (χ4v) is 2.85. The lowest BCUT2D eigenvalue weighted by molar-refractivity contribution is 0.102. The van der Waals surface area contributed by atoms with Gasteiger partial charge in [0.25, 0.3) is 5.91 Å². The molecule has 0 saturated carbocycles. The number of nitrogens with one attached hydrogen (secondary N) is 1. The zero-order valence-electron chi connectivity index (χ0n) is 15.1. The molecule has 0 aliphatic carbocycles. The third kappa shape index (κ3) is 3.69. The lowest BCUT2D eigenvalue weighted by atomic mass is 10.1. The number of carbonyl (C=O) groups is 1. The number of aryl methyl sites for hydroxylation is 1. The standard InChI is InChI=1S/C23H17FN2O2/c1-15-6-12-18(13-7-15)26-22(27)19-4-2-3-5-20(19)23-25-14-21(28-23)16-8-10-17(24)11-9-16/h2-14H,1H3,(H,26,27). The number of halogens is 1. The molecule has 0 saturated heterocycles. The van der Waals surface area contributed by atoms with E-state index < -0.39 is 0 Å². The maximum absolute atomic E-state index is 13.1. The highest BCUT2D eigenvalue weighted by atomic mass is 19.1. The van der Waals surface area contributed by atoms with Crippen molar-refractivity contribution in [3.05, 3.63) is 95.9 Å². The molecule has 1 heterocycles. The third-order valence-corrected chi connectivity index (χ3v) is 4.35. The summed E-state index contributed by atoms with van der Waals surface area (Å²) in [7, 11) is 0. The van der Waals surface area contributed by atoms with Crippen LogP contribution < -0.4 is 5.32 Å². The first-order valence-electron chi connectivity index (χ1n) is 8.79. The van der Waals surface area contributed by atoms with Gasteiger partial charge in [0, 0.05) is 16.8 Å². The first-order valence-corrected chi connectivity index (χ1v) is 8.79. The third-order valence-electron chi connectivity index (χ3n) is 4.35. The molecule has 0 aliphatic heterocycles. The summed E-state index contributed by atoms with van der Waals surface area (Å²) in [6.07, 6.45) is 1.57. The van der Waals surface area contributed by atoms with Gasteiger partial charge in [-0.25, -0.2) is 9.37 Å². The number of oxazole rings is 1. The van der Waals surface area contributed by atoms with Crippen LogP contribution in [0.5, 0.6) is 0 Å². The SMILES string of the molecule is Cc1ccc(NC(=O)c2ccccc2-c2ncc(-c3ccc(F)cc3)o2)cc1. The highest BCUT2D eigenvalue weighted by Crippen LogP contribution is 2.28. The number of hydrogen-bond donors (Lipinski definition) is 1. The number of carbonyl (C=O) groups excluding carboxylic acids is 1. The van der Waals surface area contributed by atoms with E-state index in [1.165, 1.54) is 12.1 Å². The Morgan fingerprint density at radius 1 is 0.964 bits per heavy atom. The summed E-state index contributed by atoms with van der Waals surface area (Å²) in [5.41, 5.74) is 3.58. The van der Waals surface area contributed by atoms with Crippen molar-refractivity contribution in [2.24, 2.45) is 0 Å². The number of benzene rings is 3. The van der Waals surface area contributed by atoms with Crippen LogP contribution >= 0.6 is 0 Å². The van der Waals surface area contributed by atoms with Crippen molar-refractivity contribution in [1.82, 2.24) is 4.98 Å². The molecule has 0 radical (unpaired) electrons. The van der Waals surface area contributed by atoms with Crippen LogP contribution in [0, 0.1) is 12.7 Å². The molecule has 0 unspecified atom stereocenters. The number of rotatable bonds is 4. The summed E-state index contributed by atoms with van der Waals surface area (Å²) < 4.78 is 19.0. The zero-order chi connectivity index (χ0) is 19.5.